The van der Waals surface area contributed by atoms with Crippen molar-refractivity contribution in [3.8, 4) is 23.0 Å². The summed E-state index contributed by atoms with van der Waals surface area (Å²) in [6.45, 7) is 6.21. The van der Waals surface area contributed by atoms with Crippen molar-refractivity contribution in [2.45, 2.75) is 6.92 Å². The van der Waals surface area contributed by atoms with E-state index < -0.39 is 5.97 Å². The summed E-state index contributed by atoms with van der Waals surface area (Å²) in [6.07, 6.45) is 3.35. The molecular formula is C24H23NO6S2. The molecule has 2 aromatic rings. The molecule has 172 valence electrons. The maximum Gasteiger partial charge on any atom is 0.343 e. The molecule has 1 fully saturated rings. The zero-order chi connectivity index (χ0) is 24.0. The first kappa shape index (κ1) is 24.3. The van der Waals surface area contributed by atoms with Crippen molar-refractivity contribution in [2.75, 3.05) is 27.4 Å². The van der Waals surface area contributed by atoms with Gasteiger partial charge in [0.2, 0.25) is 0 Å². The van der Waals surface area contributed by atoms with Crippen molar-refractivity contribution in [3.05, 3.63) is 65.1 Å². The van der Waals surface area contributed by atoms with Gasteiger partial charge >= 0.3 is 5.97 Å². The molecule has 1 amide bonds. The fourth-order valence-corrected chi connectivity index (χ4v) is 4.30. The Morgan fingerprint density at radius 1 is 1.09 bits per heavy atom. The highest BCUT2D eigenvalue weighted by molar-refractivity contribution is 8.26. The zero-order valence-corrected chi connectivity index (χ0v) is 20.1. The fourth-order valence-electron chi connectivity index (χ4n) is 3.03. The molecule has 0 unspecified atom stereocenters. The van der Waals surface area contributed by atoms with E-state index in [-0.39, 0.29) is 11.7 Å². The van der Waals surface area contributed by atoms with E-state index in [9.17, 15) is 9.59 Å². The van der Waals surface area contributed by atoms with Crippen LogP contribution in [0.15, 0.2) is 54.0 Å². The molecule has 1 aliphatic heterocycles. The van der Waals surface area contributed by atoms with E-state index in [0.29, 0.717) is 50.8 Å². The molecule has 1 heterocycles. The summed E-state index contributed by atoms with van der Waals surface area (Å²) in [6, 6.07) is 9.83. The summed E-state index contributed by atoms with van der Waals surface area (Å²) >= 11 is 6.50. The Hall–Kier alpha value is -3.30. The standard InChI is InChI=1S/C24H23NO6S2/c1-5-11-25-22(26)21(33-24(25)32)13-15-7-9-18(20(12-15)30-6-2)31-23(27)16-8-10-17(28-3)19(14-16)29-4/h5,7-10,12-14H,1,6,11H2,2-4H3/b21-13-. The van der Waals surface area contributed by atoms with Crippen LogP contribution in [0.1, 0.15) is 22.8 Å². The number of ether oxygens (including phenoxy) is 4. The smallest absolute Gasteiger partial charge is 0.343 e. The van der Waals surface area contributed by atoms with Crippen LogP contribution in [-0.2, 0) is 4.79 Å². The minimum atomic E-state index is -0.574. The number of carbonyl (C=O) groups is 2. The number of rotatable bonds is 9. The Morgan fingerprint density at radius 2 is 1.82 bits per heavy atom. The van der Waals surface area contributed by atoms with Crippen molar-refractivity contribution in [2.24, 2.45) is 0 Å². The maximum atomic E-state index is 12.7. The number of amides is 1. The van der Waals surface area contributed by atoms with Crippen LogP contribution < -0.4 is 18.9 Å². The van der Waals surface area contributed by atoms with Crippen molar-refractivity contribution < 1.29 is 28.5 Å². The van der Waals surface area contributed by atoms with Crippen LogP contribution in [0.25, 0.3) is 6.08 Å². The van der Waals surface area contributed by atoms with Gasteiger partial charge in [0.25, 0.3) is 5.91 Å². The molecule has 0 N–H and O–H groups in total. The van der Waals surface area contributed by atoms with Crippen LogP contribution in [-0.4, -0.2) is 48.5 Å². The first-order chi connectivity index (χ1) is 15.9. The van der Waals surface area contributed by atoms with Gasteiger partial charge in [0.1, 0.15) is 4.32 Å². The van der Waals surface area contributed by atoms with Crippen LogP contribution in [0.3, 0.4) is 0 Å². The highest BCUT2D eigenvalue weighted by Crippen LogP contribution is 2.35. The first-order valence-corrected chi connectivity index (χ1v) is 11.2. The second-order valence-electron chi connectivity index (χ2n) is 6.68. The number of esters is 1. The van der Waals surface area contributed by atoms with E-state index >= 15 is 0 Å². The molecule has 33 heavy (non-hydrogen) atoms. The van der Waals surface area contributed by atoms with Gasteiger partial charge in [-0.15, -0.1) is 6.58 Å². The average molecular weight is 486 g/mol. The van der Waals surface area contributed by atoms with E-state index in [1.807, 2.05) is 6.92 Å². The lowest BCUT2D eigenvalue weighted by Crippen LogP contribution is -2.27. The molecule has 0 atom stereocenters. The van der Waals surface area contributed by atoms with Crippen LogP contribution in [0, 0.1) is 0 Å². The molecule has 0 saturated carbocycles. The van der Waals surface area contributed by atoms with Crippen LogP contribution in [0.2, 0.25) is 0 Å². The molecule has 0 radical (unpaired) electrons. The van der Waals surface area contributed by atoms with Gasteiger partial charge in [-0.1, -0.05) is 36.1 Å². The number of thioether (sulfide) groups is 1. The molecule has 0 aliphatic carbocycles. The average Bonchev–Trinajstić information content (AvgIpc) is 3.07. The molecule has 2 aromatic carbocycles. The van der Waals surface area contributed by atoms with Crippen molar-refractivity contribution >= 4 is 46.3 Å². The summed E-state index contributed by atoms with van der Waals surface area (Å²) in [7, 11) is 3.01. The van der Waals surface area contributed by atoms with Gasteiger partial charge in [0, 0.05) is 6.54 Å². The van der Waals surface area contributed by atoms with Gasteiger partial charge in [0.05, 0.1) is 31.3 Å². The van der Waals surface area contributed by atoms with E-state index in [1.165, 1.54) is 30.9 Å². The lowest BCUT2D eigenvalue weighted by molar-refractivity contribution is -0.121. The molecule has 7 nitrogen and oxygen atoms in total. The number of nitrogens with zero attached hydrogens (tertiary/aromatic N) is 1. The minimum Gasteiger partial charge on any atom is -0.493 e. The van der Waals surface area contributed by atoms with E-state index in [2.05, 4.69) is 6.58 Å². The number of benzene rings is 2. The van der Waals surface area contributed by atoms with Gasteiger partial charge in [-0.05, 0) is 48.9 Å². The number of hydrogen-bond donors (Lipinski definition) is 0. The molecule has 1 aliphatic rings. The summed E-state index contributed by atoms with van der Waals surface area (Å²) in [4.78, 5) is 27.3. The zero-order valence-electron chi connectivity index (χ0n) is 18.5. The first-order valence-electron chi connectivity index (χ1n) is 9.99. The Kier molecular flexibility index (Phi) is 8.13. The monoisotopic (exact) mass is 485 g/mol. The SMILES string of the molecule is C=CCN1C(=O)/C(=C/c2ccc(OC(=O)c3ccc(OC)c(OC)c3)c(OCC)c2)SC1=S. The number of carbonyl (C=O) groups excluding carboxylic acids is 2. The van der Waals surface area contributed by atoms with Crippen LogP contribution >= 0.6 is 24.0 Å². The number of thiocarbonyl (C=S) groups is 1. The second kappa shape index (κ2) is 11.0. The Morgan fingerprint density at radius 3 is 2.48 bits per heavy atom. The Balaban J connectivity index is 1.85. The van der Waals surface area contributed by atoms with E-state index in [1.54, 1.807) is 48.6 Å². The van der Waals surface area contributed by atoms with Gasteiger partial charge in [-0.3, -0.25) is 9.69 Å². The van der Waals surface area contributed by atoms with Crippen LogP contribution in [0.5, 0.6) is 23.0 Å². The molecular weight excluding hydrogens is 462 g/mol. The second-order valence-corrected chi connectivity index (χ2v) is 8.36. The van der Waals surface area contributed by atoms with Crippen molar-refractivity contribution in [1.29, 1.82) is 0 Å². The third kappa shape index (κ3) is 5.55. The van der Waals surface area contributed by atoms with Crippen molar-refractivity contribution in [3.63, 3.8) is 0 Å². The maximum absolute atomic E-state index is 12.7. The molecule has 9 heteroatoms. The lowest BCUT2D eigenvalue weighted by atomic mass is 10.1. The molecule has 1 saturated heterocycles. The molecule has 3 rings (SSSR count). The highest BCUT2D eigenvalue weighted by atomic mass is 32.2. The molecule has 0 spiro atoms. The number of hydrogen-bond acceptors (Lipinski definition) is 8. The topological polar surface area (TPSA) is 74.3 Å². The summed E-state index contributed by atoms with van der Waals surface area (Å²) in [5.74, 6) is 0.810. The largest absolute Gasteiger partial charge is 0.493 e. The third-order valence-electron chi connectivity index (χ3n) is 4.57. The normalized spacial score (nSPS) is 14.4. The van der Waals surface area contributed by atoms with Gasteiger partial charge in [-0.2, -0.15) is 0 Å². The third-order valence-corrected chi connectivity index (χ3v) is 5.95. The van der Waals surface area contributed by atoms with Gasteiger partial charge < -0.3 is 18.9 Å². The summed E-state index contributed by atoms with van der Waals surface area (Å²) in [5.41, 5.74) is 1.01. The Labute approximate surface area is 202 Å². The van der Waals surface area contributed by atoms with E-state index in [0.717, 1.165) is 0 Å². The van der Waals surface area contributed by atoms with Crippen LogP contribution in [0.4, 0.5) is 0 Å². The van der Waals surface area contributed by atoms with Crippen molar-refractivity contribution in [1.82, 2.24) is 4.90 Å². The fraction of sp³-hybridized carbons (Fsp3) is 0.208. The van der Waals surface area contributed by atoms with E-state index in [4.69, 9.17) is 31.2 Å². The number of methoxy groups -OCH3 is 2. The van der Waals surface area contributed by atoms with Gasteiger partial charge in [0.15, 0.2) is 23.0 Å². The predicted molar refractivity (Wildman–Crippen MR) is 132 cm³/mol. The molecule has 0 aromatic heterocycles. The summed E-state index contributed by atoms with van der Waals surface area (Å²) in [5, 5.41) is 0. The summed E-state index contributed by atoms with van der Waals surface area (Å²) < 4.78 is 22.2. The predicted octanol–water partition coefficient (Wildman–Crippen LogP) is 4.71. The highest BCUT2D eigenvalue weighted by Gasteiger charge is 2.31. The molecule has 0 bridgehead atoms. The minimum absolute atomic E-state index is 0.174. The lowest BCUT2D eigenvalue weighted by Gasteiger charge is -2.13. The quantitative estimate of drug-likeness (QED) is 0.166. The van der Waals surface area contributed by atoms with Gasteiger partial charge in [-0.25, -0.2) is 4.79 Å². The Bertz CT molecular complexity index is 1130.